The molecular weight excluding hydrogens is 463 g/mol. The number of methoxy groups -OCH3 is 1. The molecule has 1 saturated carbocycles. The number of hydrogen-bond donors (Lipinski definition) is 0. The second kappa shape index (κ2) is 10.4. The molecule has 0 spiro atoms. The van der Waals surface area contributed by atoms with Crippen LogP contribution >= 0.6 is 0 Å². The van der Waals surface area contributed by atoms with Gasteiger partial charge in [-0.1, -0.05) is 30.3 Å². The number of ether oxygens (including phenoxy) is 1. The van der Waals surface area contributed by atoms with Gasteiger partial charge in [-0.15, -0.1) is 0 Å². The Kier molecular flexibility index (Phi) is 6.80. The first-order valence-corrected chi connectivity index (χ1v) is 13.3. The van der Waals surface area contributed by atoms with Gasteiger partial charge in [0.1, 0.15) is 5.82 Å². The molecule has 2 fully saturated rings. The van der Waals surface area contributed by atoms with Crippen LogP contribution in [-0.2, 0) is 11.3 Å². The Hall–Kier alpha value is -3.06. The van der Waals surface area contributed by atoms with Gasteiger partial charge in [0, 0.05) is 51.3 Å². The molecule has 192 valence electrons. The number of halogens is 1. The minimum absolute atomic E-state index is 0.237. The predicted octanol–water partition coefficient (Wildman–Crippen LogP) is 5.76. The first-order valence-electron chi connectivity index (χ1n) is 13.3. The molecular formula is C31H35FN4O. The van der Waals surface area contributed by atoms with Crippen LogP contribution in [0.25, 0.3) is 16.6 Å². The van der Waals surface area contributed by atoms with Gasteiger partial charge in [0.15, 0.2) is 0 Å². The molecule has 0 bridgehead atoms. The SMILES string of the molecule is CO[C@H]1C[C@@H](CN2CCN(Cc3ccccc3)C[C@@H]2c2cc3cnn(-c4ccc(F)cc4)c3cc2C)C1. The van der Waals surface area contributed by atoms with Gasteiger partial charge in [-0.25, -0.2) is 9.07 Å². The first kappa shape index (κ1) is 24.3. The molecule has 6 heteroatoms. The van der Waals surface area contributed by atoms with Crippen molar-refractivity contribution >= 4 is 10.9 Å². The number of benzene rings is 3. The Morgan fingerprint density at radius 2 is 1.78 bits per heavy atom. The summed E-state index contributed by atoms with van der Waals surface area (Å²) in [5, 5.41) is 5.78. The molecule has 0 amide bonds. The van der Waals surface area contributed by atoms with E-state index in [1.165, 1.54) is 28.8 Å². The van der Waals surface area contributed by atoms with Crippen molar-refractivity contribution in [1.29, 1.82) is 0 Å². The van der Waals surface area contributed by atoms with Gasteiger partial charge >= 0.3 is 0 Å². The average molecular weight is 499 g/mol. The van der Waals surface area contributed by atoms with E-state index in [1.54, 1.807) is 12.1 Å². The monoisotopic (exact) mass is 498 g/mol. The average Bonchev–Trinajstić information content (AvgIpc) is 3.29. The molecule has 5 nitrogen and oxygen atoms in total. The van der Waals surface area contributed by atoms with Crippen molar-refractivity contribution < 1.29 is 9.13 Å². The maximum Gasteiger partial charge on any atom is 0.123 e. The van der Waals surface area contributed by atoms with Crippen molar-refractivity contribution in [2.24, 2.45) is 5.92 Å². The van der Waals surface area contributed by atoms with Crippen molar-refractivity contribution in [2.75, 3.05) is 33.3 Å². The summed E-state index contributed by atoms with van der Waals surface area (Å²) in [5.41, 5.74) is 5.94. The second-order valence-electron chi connectivity index (χ2n) is 10.7. The van der Waals surface area contributed by atoms with Crippen molar-refractivity contribution in [1.82, 2.24) is 19.6 Å². The van der Waals surface area contributed by atoms with Crippen LogP contribution in [0.5, 0.6) is 0 Å². The summed E-state index contributed by atoms with van der Waals surface area (Å²) in [6.45, 7) is 7.47. The number of aryl methyl sites for hydroxylation is 1. The highest BCUT2D eigenvalue weighted by Crippen LogP contribution is 2.36. The number of rotatable bonds is 7. The van der Waals surface area contributed by atoms with Crippen molar-refractivity contribution in [3.05, 3.63) is 95.4 Å². The molecule has 2 heterocycles. The molecule has 0 N–H and O–H groups in total. The quantitative estimate of drug-likeness (QED) is 0.325. The Balaban J connectivity index is 1.30. The lowest BCUT2D eigenvalue weighted by atomic mass is 9.81. The number of hydrogen-bond acceptors (Lipinski definition) is 4. The zero-order valence-corrected chi connectivity index (χ0v) is 21.7. The third kappa shape index (κ3) is 5.06. The maximum absolute atomic E-state index is 13.5. The van der Waals surface area contributed by atoms with Crippen LogP contribution in [0, 0.1) is 18.7 Å². The minimum atomic E-state index is -0.237. The van der Waals surface area contributed by atoms with Crippen molar-refractivity contribution in [2.45, 2.75) is 38.5 Å². The second-order valence-corrected chi connectivity index (χ2v) is 10.7. The van der Waals surface area contributed by atoms with Crippen LogP contribution in [-0.4, -0.2) is 59.0 Å². The molecule has 4 aromatic rings. The fraction of sp³-hybridized carbons (Fsp3) is 0.387. The van der Waals surface area contributed by atoms with E-state index in [9.17, 15) is 4.39 Å². The zero-order chi connectivity index (χ0) is 25.4. The topological polar surface area (TPSA) is 33.5 Å². The minimum Gasteiger partial charge on any atom is -0.381 e. The van der Waals surface area contributed by atoms with Crippen LogP contribution in [0.3, 0.4) is 0 Å². The van der Waals surface area contributed by atoms with Crippen LogP contribution in [0.15, 0.2) is 72.9 Å². The maximum atomic E-state index is 13.5. The van der Waals surface area contributed by atoms with Crippen LogP contribution in [0.4, 0.5) is 4.39 Å². The van der Waals surface area contributed by atoms with Crippen molar-refractivity contribution in [3.63, 3.8) is 0 Å². The molecule has 6 rings (SSSR count). The summed E-state index contributed by atoms with van der Waals surface area (Å²) in [5.74, 6) is 0.470. The van der Waals surface area contributed by atoms with E-state index >= 15 is 0 Å². The normalized spacial score (nSPS) is 22.8. The summed E-state index contributed by atoms with van der Waals surface area (Å²) in [7, 11) is 1.83. The van der Waals surface area contributed by atoms with Gasteiger partial charge in [-0.05, 0) is 78.8 Å². The molecule has 1 aromatic heterocycles. The third-order valence-electron chi connectivity index (χ3n) is 8.23. The number of fused-ring (bicyclic) bond motifs is 1. The van der Waals surface area contributed by atoms with E-state index < -0.39 is 0 Å². The lowest BCUT2D eigenvalue weighted by molar-refractivity contribution is -0.0271. The largest absolute Gasteiger partial charge is 0.381 e. The van der Waals surface area contributed by atoms with Gasteiger partial charge < -0.3 is 4.74 Å². The predicted molar refractivity (Wildman–Crippen MR) is 145 cm³/mol. The van der Waals surface area contributed by atoms with Gasteiger partial charge in [0.2, 0.25) is 0 Å². The van der Waals surface area contributed by atoms with E-state index in [2.05, 4.69) is 64.3 Å². The third-order valence-corrected chi connectivity index (χ3v) is 8.23. The summed E-state index contributed by atoms with van der Waals surface area (Å²) in [4.78, 5) is 5.30. The van der Waals surface area contributed by atoms with Crippen LogP contribution in [0.1, 0.15) is 35.6 Å². The molecule has 1 saturated heterocycles. The van der Waals surface area contributed by atoms with E-state index in [0.717, 1.165) is 62.2 Å². The fourth-order valence-electron chi connectivity index (χ4n) is 6.07. The highest BCUT2D eigenvalue weighted by Gasteiger charge is 2.35. The number of aromatic nitrogens is 2. The Morgan fingerprint density at radius 3 is 2.54 bits per heavy atom. The Labute approximate surface area is 218 Å². The molecule has 0 unspecified atom stereocenters. The van der Waals surface area contributed by atoms with Crippen LogP contribution < -0.4 is 0 Å². The molecule has 1 aliphatic carbocycles. The summed E-state index contributed by atoms with van der Waals surface area (Å²) >= 11 is 0. The summed E-state index contributed by atoms with van der Waals surface area (Å²) in [6.07, 6.45) is 4.69. The summed E-state index contributed by atoms with van der Waals surface area (Å²) in [6, 6.07) is 22.2. The lowest BCUT2D eigenvalue weighted by Gasteiger charge is -2.46. The Morgan fingerprint density at radius 1 is 1.00 bits per heavy atom. The molecule has 0 radical (unpaired) electrons. The zero-order valence-electron chi connectivity index (χ0n) is 21.7. The van der Waals surface area contributed by atoms with Gasteiger partial charge in [0.05, 0.1) is 23.5 Å². The highest BCUT2D eigenvalue weighted by atomic mass is 19.1. The van der Waals surface area contributed by atoms with E-state index in [1.807, 2.05) is 18.0 Å². The Bertz CT molecular complexity index is 1350. The molecule has 2 aliphatic rings. The van der Waals surface area contributed by atoms with Gasteiger partial charge in [-0.2, -0.15) is 5.10 Å². The number of nitrogens with zero attached hydrogens (tertiary/aromatic N) is 4. The van der Waals surface area contributed by atoms with Gasteiger partial charge in [0.25, 0.3) is 0 Å². The van der Waals surface area contributed by atoms with E-state index in [-0.39, 0.29) is 5.82 Å². The standard InChI is InChI=1S/C31H35FN4O/c1-22-14-30-25(18-33-36(30)27-10-8-26(32)9-11-27)17-29(22)31-21-34(19-23-6-4-3-5-7-23)12-13-35(31)20-24-15-28(16-24)37-2/h3-11,14,17-18,24,28,31H,12-13,15-16,19-21H2,1-2H3/t24-,28+,31-/m1/s1. The van der Waals surface area contributed by atoms with Crippen LogP contribution in [0.2, 0.25) is 0 Å². The van der Waals surface area contributed by atoms with Crippen molar-refractivity contribution in [3.8, 4) is 5.69 Å². The molecule has 37 heavy (non-hydrogen) atoms. The first-order chi connectivity index (χ1) is 18.1. The molecule has 1 aliphatic heterocycles. The lowest BCUT2D eigenvalue weighted by Crippen LogP contribution is -2.51. The van der Waals surface area contributed by atoms with E-state index in [0.29, 0.717) is 18.1 Å². The highest BCUT2D eigenvalue weighted by molar-refractivity contribution is 5.82. The molecule has 1 atom stereocenters. The van der Waals surface area contributed by atoms with E-state index in [4.69, 9.17) is 4.74 Å². The van der Waals surface area contributed by atoms with Gasteiger partial charge in [-0.3, -0.25) is 9.80 Å². The fourth-order valence-corrected chi connectivity index (χ4v) is 6.07. The number of piperazine rings is 1. The molecule has 3 aromatic carbocycles. The summed E-state index contributed by atoms with van der Waals surface area (Å²) < 4.78 is 21.0. The smallest absolute Gasteiger partial charge is 0.123 e.